The molecule has 0 aliphatic heterocycles. The molecule has 0 saturated heterocycles. The number of hydrogen-bond acceptors (Lipinski definition) is 2. The molecule has 4 nitrogen and oxygen atoms in total. The number of carbonyl (C=O) groups is 2. The smallest absolute Gasteiger partial charge is 0.242 e. The van der Waals surface area contributed by atoms with Crippen molar-refractivity contribution in [2.45, 2.75) is 71.9 Å². The van der Waals surface area contributed by atoms with Crippen molar-refractivity contribution >= 4 is 23.4 Å². The maximum atomic E-state index is 13.3. The average molecular weight is 443 g/mol. The first kappa shape index (κ1) is 24.9. The van der Waals surface area contributed by atoms with Crippen LogP contribution in [0.5, 0.6) is 0 Å². The largest absolute Gasteiger partial charge is 0.354 e. The summed E-state index contributed by atoms with van der Waals surface area (Å²) < 4.78 is 0. The summed E-state index contributed by atoms with van der Waals surface area (Å²) in [6.07, 6.45) is 2.45. The SMILES string of the molecule is CCCNC(=O)C(CC)N(Cc1ccc(Cl)cc1)C(=O)CCc1ccc(C(C)C)cc1. The highest BCUT2D eigenvalue weighted by Crippen LogP contribution is 2.18. The van der Waals surface area contributed by atoms with Gasteiger partial charge >= 0.3 is 0 Å². The highest BCUT2D eigenvalue weighted by Gasteiger charge is 2.28. The molecule has 2 aromatic rings. The molecule has 5 heteroatoms. The molecule has 1 N–H and O–H groups in total. The van der Waals surface area contributed by atoms with Crippen molar-refractivity contribution in [1.29, 1.82) is 0 Å². The number of amides is 2. The first-order chi connectivity index (χ1) is 14.8. The summed E-state index contributed by atoms with van der Waals surface area (Å²) in [6.45, 7) is 9.30. The van der Waals surface area contributed by atoms with Gasteiger partial charge in [0.2, 0.25) is 11.8 Å². The van der Waals surface area contributed by atoms with E-state index in [2.05, 4.69) is 43.4 Å². The van der Waals surface area contributed by atoms with Gasteiger partial charge in [-0.15, -0.1) is 0 Å². The number of benzene rings is 2. The molecule has 1 atom stereocenters. The van der Waals surface area contributed by atoms with Crippen LogP contribution in [0.2, 0.25) is 5.02 Å². The lowest BCUT2D eigenvalue weighted by Gasteiger charge is -2.31. The lowest BCUT2D eigenvalue weighted by Crippen LogP contribution is -2.49. The van der Waals surface area contributed by atoms with Gasteiger partial charge in [0.1, 0.15) is 6.04 Å². The molecule has 0 saturated carbocycles. The molecule has 0 radical (unpaired) electrons. The maximum Gasteiger partial charge on any atom is 0.242 e. The van der Waals surface area contributed by atoms with Crippen molar-refractivity contribution in [3.63, 3.8) is 0 Å². The molecule has 2 amide bonds. The Morgan fingerprint density at radius 1 is 0.968 bits per heavy atom. The van der Waals surface area contributed by atoms with Gasteiger partial charge in [-0.25, -0.2) is 0 Å². The number of hydrogen-bond donors (Lipinski definition) is 1. The van der Waals surface area contributed by atoms with Gasteiger partial charge in [0, 0.05) is 24.5 Å². The predicted octanol–water partition coefficient (Wildman–Crippen LogP) is 5.73. The van der Waals surface area contributed by atoms with Gasteiger partial charge in [-0.05, 0) is 54.0 Å². The van der Waals surface area contributed by atoms with Crippen LogP contribution in [0.25, 0.3) is 0 Å². The lowest BCUT2D eigenvalue weighted by atomic mass is 10.00. The fraction of sp³-hybridized carbons (Fsp3) is 0.462. The van der Waals surface area contributed by atoms with Crippen LogP contribution in [0, 0.1) is 0 Å². The van der Waals surface area contributed by atoms with Gasteiger partial charge in [-0.2, -0.15) is 0 Å². The van der Waals surface area contributed by atoms with Crippen LogP contribution < -0.4 is 5.32 Å². The Morgan fingerprint density at radius 2 is 1.58 bits per heavy atom. The minimum Gasteiger partial charge on any atom is -0.354 e. The van der Waals surface area contributed by atoms with Crippen LogP contribution in [-0.4, -0.2) is 29.3 Å². The third kappa shape index (κ3) is 7.70. The molecule has 168 valence electrons. The van der Waals surface area contributed by atoms with Crippen molar-refractivity contribution < 1.29 is 9.59 Å². The van der Waals surface area contributed by atoms with Crippen molar-refractivity contribution in [3.05, 3.63) is 70.2 Å². The van der Waals surface area contributed by atoms with E-state index >= 15 is 0 Å². The Bertz CT molecular complexity index is 831. The monoisotopic (exact) mass is 442 g/mol. The quantitative estimate of drug-likeness (QED) is 0.483. The molecule has 0 spiro atoms. The maximum absolute atomic E-state index is 13.3. The molecule has 1 unspecified atom stereocenters. The zero-order valence-electron chi connectivity index (χ0n) is 19.2. The number of halogens is 1. The molecule has 0 bridgehead atoms. The number of nitrogens with zero attached hydrogens (tertiary/aromatic N) is 1. The predicted molar refractivity (Wildman–Crippen MR) is 128 cm³/mol. The first-order valence-corrected chi connectivity index (χ1v) is 11.6. The standard InChI is InChI=1S/C26H35ClN2O2/c1-5-17-28-26(31)24(6-2)29(18-21-9-14-23(27)15-10-21)25(30)16-11-20-7-12-22(13-8-20)19(3)4/h7-10,12-15,19,24H,5-6,11,16-18H2,1-4H3,(H,28,31). The summed E-state index contributed by atoms with van der Waals surface area (Å²) in [4.78, 5) is 27.8. The summed E-state index contributed by atoms with van der Waals surface area (Å²) in [5.74, 6) is 0.381. The Morgan fingerprint density at radius 3 is 2.13 bits per heavy atom. The Labute approximate surface area is 192 Å². The summed E-state index contributed by atoms with van der Waals surface area (Å²) in [5.41, 5.74) is 3.38. The first-order valence-electron chi connectivity index (χ1n) is 11.3. The zero-order valence-corrected chi connectivity index (χ0v) is 19.9. The highest BCUT2D eigenvalue weighted by molar-refractivity contribution is 6.30. The highest BCUT2D eigenvalue weighted by atomic mass is 35.5. The van der Waals surface area contributed by atoms with Gasteiger partial charge in [0.15, 0.2) is 0 Å². The second-order valence-electron chi connectivity index (χ2n) is 8.26. The van der Waals surface area contributed by atoms with Crippen molar-refractivity contribution in [2.75, 3.05) is 6.54 Å². The van der Waals surface area contributed by atoms with Crippen molar-refractivity contribution in [3.8, 4) is 0 Å². The second kappa shape index (κ2) is 12.5. The molecular weight excluding hydrogens is 408 g/mol. The van der Waals surface area contributed by atoms with Gasteiger partial charge in [0.05, 0.1) is 0 Å². The van der Waals surface area contributed by atoms with Gasteiger partial charge in [-0.3, -0.25) is 9.59 Å². The summed E-state index contributed by atoms with van der Waals surface area (Å²) in [6, 6.07) is 15.4. The van der Waals surface area contributed by atoms with Gasteiger partial charge in [-0.1, -0.05) is 75.7 Å². The summed E-state index contributed by atoms with van der Waals surface area (Å²) >= 11 is 6.01. The van der Waals surface area contributed by atoms with Crippen LogP contribution >= 0.6 is 11.6 Å². The van der Waals surface area contributed by atoms with E-state index in [9.17, 15) is 9.59 Å². The van der Waals surface area contributed by atoms with E-state index < -0.39 is 6.04 Å². The van der Waals surface area contributed by atoms with E-state index in [0.29, 0.717) is 43.3 Å². The van der Waals surface area contributed by atoms with Crippen LogP contribution in [-0.2, 0) is 22.6 Å². The van der Waals surface area contributed by atoms with E-state index in [1.165, 1.54) is 5.56 Å². The van der Waals surface area contributed by atoms with Crippen LogP contribution in [0.15, 0.2) is 48.5 Å². The molecule has 0 aliphatic carbocycles. The Hall–Kier alpha value is -2.33. The minimum atomic E-state index is -0.488. The second-order valence-corrected chi connectivity index (χ2v) is 8.70. The zero-order chi connectivity index (χ0) is 22.8. The number of aryl methyl sites for hydroxylation is 1. The van der Waals surface area contributed by atoms with E-state index in [0.717, 1.165) is 17.5 Å². The van der Waals surface area contributed by atoms with E-state index in [4.69, 9.17) is 11.6 Å². The molecular formula is C26H35ClN2O2. The molecule has 31 heavy (non-hydrogen) atoms. The third-order valence-electron chi connectivity index (χ3n) is 5.48. The van der Waals surface area contributed by atoms with Crippen LogP contribution in [0.4, 0.5) is 0 Å². The average Bonchev–Trinajstić information content (AvgIpc) is 2.77. The van der Waals surface area contributed by atoms with Gasteiger partial charge in [0.25, 0.3) is 0 Å². The number of carbonyl (C=O) groups excluding carboxylic acids is 2. The third-order valence-corrected chi connectivity index (χ3v) is 5.73. The normalized spacial score (nSPS) is 11.9. The molecule has 2 aromatic carbocycles. The van der Waals surface area contributed by atoms with Crippen LogP contribution in [0.1, 0.15) is 69.6 Å². The minimum absolute atomic E-state index is 0.0126. The Balaban J connectivity index is 2.15. The van der Waals surface area contributed by atoms with E-state index in [1.54, 1.807) is 4.90 Å². The lowest BCUT2D eigenvalue weighted by molar-refractivity contribution is -0.141. The molecule has 0 aromatic heterocycles. The fourth-order valence-electron chi connectivity index (χ4n) is 3.54. The van der Waals surface area contributed by atoms with Crippen LogP contribution in [0.3, 0.4) is 0 Å². The van der Waals surface area contributed by atoms with Crippen molar-refractivity contribution in [2.24, 2.45) is 0 Å². The van der Waals surface area contributed by atoms with Crippen molar-refractivity contribution in [1.82, 2.24) is 10.2 Å². The fourth-order valence-corrected chi connectivity index (χ4v) is 3.66. The van der Waals surface area contributed by atoms with E-state index in [-0.39, 0.29) is 11.8 Å². The summed E-state index contributed by atoms with van der Waals surface area (Å²) in [7, 11) is 0. The Kier molecular flexibility index (Phi) is 10.1. The van der Waals surface area contributed by atoms with Gasteiger partial charge < -0.3 is 10.2 Å². The number of rotatable bonds is 11. The molecule has 0 fully saturated rings. The molecule has 0 aliphatic rings. The summed E-state index contributed by atoms with van der Waals surface area (Å²) in [5, 5.41) is 3.60. The topological polar surface area (TPSA) is 49.4 Å². The molecule has 0 heterocycles. The number of nitrogens with one attached hydrogen (secondary N) is 1. The molecule has 2 rings (SSSR count). The van der Waals surface area contributed by atoms with E-state index in [1.807, 2.05) is 38.1 Å².